The molecule has 4 N–H and O–H groups in total. The quantitative estimate of drug-likeness (QED) is 0.117. The van der Waals surface area contributed by atoms with Gasteiger partial charge in [0, 0.05) is 60.1 Å². The molecule has 13 nitrogen and oxygen atoms in total. The number of aromatic carboxylic acids is 1. The van der Waals surface area contributed by atoms with E-state index < -0.39 is 54.7 Å². The first-order chi connectivity index (χ1) is 24.5. The van der Waals surface area contributed by atoms with Gasteiger partial charge in [0.1, 0.15) is 30.1 Å². The fourth-order valence-corrected chi connectivity index (χ4v) is 8.35. The Hall–Kier alpha value is -5.27. The maximum absolute atomic E-state index is 13.2. The maximum atomic E-state index is 13.2. The Kier molecular flexibility index (Phi) is 8.98. The molecule has 3 aromatic carbocycles. The van der Waals surface area contributed by atoms with E-state index in [1.807, 2.05) is 51.3 Å². The predicted octanol–water partition coefficient (Wildman–Crippen LogP) is 2.78. The van der Waals surface area contributed by atoms with Crippen molar-refractivity contribution < 1.29 is 45.4 Å². The van der Waals surface area contributed by atoms with Crippen LogP contribution >= 0.6 is 0 Å². The summed E-state index contributed by atoms with van der Waals surface area (Å²) in [4.78, 5) is 27.9. The summed E-state index contributed by atoms with van der Waals surface area (Å²) in [5.41, 5.74) is 1.28. The van der Waals surface area contributed by atoms with Crippen LogP contribution < -0.4 is 30.1 Å². The molecule has 53 heavy (non-hydrogen) atoms. The third kappa shape index (κ3) is 6.98. The second kappa shape index (κ2) is 12.7. The van der Waals surface area contributed by atoms with Crippen LogP contribution in [0, 0.1) is 12.3 Å². The number of amides is 1. The monoisotopic (exact) mass is 760 g/mol. The molecule has 1 amide bonds. The van der Waals surface area contributed by atoms with Crippen LogP contribution in [0.5, 0.6) is 11.5 Å². The molecule has 3 aliphatic heterocycles. The number of nitrogens with one attached hydrogen (secondary N) is 1. The highest BCUT2D eigenvalue weighted by molar-refractivity contribution is 7.86. The number of rotatable bonds is 8. The maximum Gasteiger partial charge on any atom is 0.336 e. The number of carboxylic acid groups (broad SMARTS) is 1. The summed E-state index contributed by atoms with van der Waals surface area (Å²) in [6.45, 7) is 7.44. The van der Waals surface area contributed by atoms with Crippen LogP contribution in [0.4, 0.5) is 5.69 Å². The summed E-state index contributed by atoms with van der Waals surface area (Å²) in [6.07, 6.45) is 8.81. The highest BCUT2D eigenvalue weighted by Gasteiger charge is 2.37. The average molecular weight is 761 g/mol. The number of nitrogens with zero attached hydrogens (tertiary/aromatic N) is 2. The van der Waals surface area contributed by atoms with Crippen LogP contribution in [-0.4, -0.2) is 86.1 Å². The standard InChI is InChI=1S/C38H37N3O10S2/c1-8-11-39-35(42)21-9-10-24(36(43)44)27(12-21)34-28-13-25-22(19-52(45,46)47)17-37(2,3)40(6)30(25)15-32(28)51-33-16-31-26(14-29(33)34)23(20-53(48,49)50)18-38(4,5)41(31)7/h1,9-10,12-18H,11,19-20H2,2-7H3,(H3-,39,42,43,44,45,46,47,48,49,50)/p+1. The van der Waals surface area contributed by atoms with Gasteiger partial charge in [-0.05, 0) is 67.0 Å². The van der Waals surface area contributed by atoms with Crippen LogP contribution in [0.2, 0.25) is 0 Å². The summed E-state index contributed by atoms with van der Waals surface area (Å²) in [7, 11) is -5.35. The van der Waals surface area contributed by atoms with E-state index in [9.17, 15) is 40.6 Å². The lowest BCUT2D eigenvalue weighted by Gasteiger charge is -2.41. The zero-order valence-electron chi connectivity index (χ0n) is 29.8. The third-order valence-corrected chi connectivity index (χ3v) is 11.3. The van der Waals surface area contributed by atoms with Gasteiger partial charge in [-0.3, -0.25) is 13.9 Å². The van der Waals surface area contributed by atoms with Gasteiger partial charge < -0.3 is 20.1 Å². The van der Waals surface area contributed by atoms with Crippen LogP contribution in [0.3, 0.4) is 0 Å². The number of carboxylic acids is 1. The van der Waals surface area contributed by atoms with Gasteiger partial charge in [0.05, 0.1) is 29.3 Å². The Morgan fingerprint density at radius 3 is 2.13 bits per heavy atom. The van der Waals surface area contributed by atoms with Crippen molar-refractivity contribution in [3.63, 3.8) is 0 Å². The molecule has 0 radical (unpaired) electrons. The molecule has 3 heterocycles. The number of terminal acetylenes is 1. The van der Waals surface area contributed by atoms with Gasteiger partial charge in [0.2, 0.25) is 5.36 Å². The molecule has 0 spiro atoms. The smallest absolute Gasteiger partial charge is 0.336 e. The molecule has 0 fully saturated rings. The van der Waals surface area contributed by atoms with E-state index in [0.717, 1.165) is 0 Å². The average Bonchev–Trinajstić information content (AvgIpc) is 3.04. The van der Waals surface area contributed by atoms with Crippen molar-refractivity contribution in [1.82, 2.24) is 9.89 Å². The number of fused-ring (bicyclic) bond motifs is 4. The second-order valence-corrected chi connectivity index (χ2v) is 17.3. The molecule has 3 aromatic rings. The summed E-state index contributed by atoms with van der Waals surface area (Å²) in [5.74, 6) is -0.372. The minimum atomic E-state index is -4.50. The van der Waals surface area contributed by atoms with E-state index in [1.165, 1.54) is 18.2 Å². The van der Waals surface area contributed by atoms with E-state index >= 15 is 0 Å². The largest absolute Gasteiger partial charge is 0.478 e. The number of ether oxygens (including phenoxy) is 1. The van der Waals surface area contributed by atoms with Gasteiger partial charge in [0.15, 0.2) is 5.54 Å². The topological polar surface area (TPSA) is 191 Å². The minimum Gasteiger partial charge on any atom is -0.478 e. The van der Waals surface area contributed by atoms with Crippen LogP contribution in [0.25, 0.3) is 16.7 Å². The molecule has 6 rings (SSSR count). The summed E-state index contributed by atoms with van der Waals surface area (Å²) in [6, 6.07) is 10.8. The van der Waals surface area contributed by atoms with E-state index in [0.29, 0.717) is 44.1 Å². The molecular weight excluding hydrogens is 723 g/mol. The van der Waals surface area contributed by atoms with E-state index in [1.54, 1.807) is 36.4 Å². The Labute approximate surface area is 307 Å². The highest BCUT2D eigenvalue weighted by atomic mass is 32.2. The molecule has 276 valence electrons. The second-order valence-electron chi connectivity index (χ2n) is 14.4. The highest BCUT2D eigenvalue weighted by Crippen LogP contribution is 2.46. The van der Waals surface area contributed by atoms with E-state index in [4.69, 9.17) is 11.2 Å². The first-order valence-corrected chi connectivity index (χ1v) is 19.6. The summed E-state index contributed by atoms with van der Waals surface area (Å²) < 4.78 is 77.5. The van der Waals surface area contributed by atoms with Crippen molar-refractivity contribution in [3.05, 3.63) is 98.6 Å². The molecule has 0 bridgehead atoms. The number of benzene rings is 3. The molecule has 0 atom stereocenters. The van der Waals surface area contributed by atoms with Gasteiger partial charge in [-0.25, -0.2) is 9.37 Å². The Balaban J connectivity index is 1.79. The van der Waals surface area contributed by atoms with Crippen molar-refractivity contribution in [3.8, 4) is 23.8 Å². The third-order valence-electron chi connectivity index (χ3n) is 9.96. The van der Waals surface area contributed by atoms with E-state index in [2.05, 4.69) is 11.2 Å². The fourth-order valence-electron chi connectivity index (χ4n) is 7.09. The number of hydrogen-bond acceptors (Lipinski definition) is 8. The molecule has 0 aromatic heterocycles. The number of carbonyl (C=O) groups is 2. The minimum absolute atomic E-state index is 0.0807. The number of anilines is 1. The van der Waals surface area contributed by atoms with Crippen molar-refractivity contribution >= 4 is 54.5 Å². The van der Waals surface area contributed by atoms with Gasteiger partial charge in [0.25, 0.3) is 26.1 Å². The van der Waals surface area contributed by atoms with Crippen molar-refractivity contribution in [2.24, 2.45) is 0 Å². The summed E-state index contributed by atoms with van der Waals surface area (Å²) >= 11 is 0. The lowest BCUT2D eigenvalue weighted by atomic mass is 9.83. The molecule has 0 saturated carbocycles. The van der Waals surface area contributed by atoms with Gasteiger partial charge in [-0.2, -0.15) is 16.8 Å². The molecular formula is C38H38N3O10S2+. The Morgan fingerprint density at radius 1 is 0.887 bits per heavy atom. The van der Waals surface area contributed by atoms with Crippen molar-refractivity contribution in [2.45, 2.75) is 38.8 Å². The Morgan fingerprint density at radius 2 is 1.53 bits per heavy atom. The van der Waals surface area contributed by atoms with E-state index in [-0.39, 0.29) is 40.3 Å². The zero-order valence-corrected chi connectivity index (χ0v) is 31.4. The first-order valence-electron chi connectivity index (χ1n) is 16.3. The van der Waals surface area contributed by atoms with Gasteiger partial charge in [-0.15, -0.1) is 6.42 Å². The lowest BCUT2D eigenvalue weighted by molar-refractivity contribution is 0.0695. The molecule has 3 aliphatic rings. The van der Waals surface area contributed by atoms with Gasteiger partial charge >= 0.3 is 5.97 Å². The van der Waals surface area contributed by atoms with Crippen molar-refractivity contribution in [1.29, 1.82) is 0 Å². The van der Waals surface area contributed by atoms with Crippen LogP contribution in [0.15, 0.2) is 54.6 Å². The molecule has 0 saturated heterocycles. The molecule has 0 aliphatic carbocycles. The number of likely N-dealkylation sites (N-methyl/N-ethyl adjacent to an activating group) is 2. The Bertz CT molecular complexity index is 2630. The normalized spacial score (nSPS) is 16.8. The first kappa shape index (κ1) is 37.5. The number of hydrogen-bond donors (Lipinski definition) is 4. The fraction of sp³-hybridized carbons (Fsp3) is 0.289. The van der Waals surface area contributed by atoms with Crippen LogP contribution in [-0.2, 0) is 20.2 Å². The molecule has 15 heteroatoms. The zero-order chi connectivity index (χ0) is 39.0. The summed E-state index contributed by atoms with van der Waals surface area (Å²) in [5, 5.41) is 14.0. The SMILES string of the molecule is C#CCNC(=O)c1ccc(C(=O)O)c(C2=c3cc4c(cc3Oc3cc5c(cc32)C(CS(=O)(=O)O)=CC(C)(C)N5C)=[N+](C)C(C)(C)C=C4CS(=O)(=O)O)c1. The van der Waals surface area contributed by atoms with Crippen LogP contribution in [0.1, 0.15) is 70.7 Å². The van der Waals surface area contributed by atoms with Gasteiger partial charge in [-0.1, -0.05) is 12.0 Å². The van der Waals surface area contributed by atoms with Crippen molar-refractivity contribution in [2.75, 3.05) is 37.0 Å². The predicted molar refractivity (Wildman–Crippen MR) is 201 cm³/mol. The number of carbonyl (C=O) groups excluding carboxylic acids is 1. The lowest BCUT2D eigenvalue weighted by Crippen LogP contribution is -2.47. The molecule has 0 unspecified atom stereocenters.